The van der Waals surface area contributed by atoms with Crippen LogP contribution in [-0.4, -0.2) is 25.3 Å². The summed E-state index contributed by atoms with van der Waals surface area (Å²) >= 11 is 3.03. The summed E-state index contributed by atoms with van der Waals surface area (Å²) in [6.45, 7) is 2.25. The van der Waals surface area contributed by atoms with Gasteiger partial charge in [0, 0.05) is 12.6 Å². The van der Waals surface area contributed by atoms with E-state index in [2.05, 4.69) is 15.9 Å². The zero-order chi connectivity index (χ0) is 14.0. The van der Waals surface area contributed by atoms with Crippen molar-refractivity contribution in [2.24, 2.45) is 0 Å². The number of sulfonamides is 1. The molecule has 19 heavy (non-hydrogen) atoms. The molecule has 0 aliphatic heterocycles. The van der Waals surface area contributed by atoms with Crippen LogP contribution in [0.1, 0.15) is 32.6 Å². The van der Waals surface area contributed by atoms with Crippen LogP contribution in [0.5, 0.6) is 0 Å². The molecule has 3 nitrogen and oxygen atoms in total. The van der Waals surface area contributed by atoms with Crippen molar-refractivity contribution in [1.82, 2.24) is 4.31 Å². The number of benzene rings is 1. The maximum absolute atomic E-state index is 13.5. The molecule has 0 atom stereocenters. The van der Waals surface area contributed by atoms with Crippen LogP contribution in [0.4, 0.5) is 4.39 Å². The first-order valence-corrected chi connectivity index (χ1v) is 8.67. The average Bonchev–Trinajstić information content (AvgIpc) is 2.86. The minimum absolute atomic E-state index is 0.0296. The van der Waals surface area contributed by atoms with E-state index in [0.29, 0.717) is 6.54 Å². The molecule has 0 radical (unpaired) electrons. The Bertz CT molecular complexity index is 556. The second kappa shape index (κ2) is 5.89. The first-order valence-electron chi connectivity index (χ1n) is 6.43. The van der Waals surface area contributed by atoms with E-state index in [0.717, 1.165) is 31.7 Å². The summed E-state index contributed by atoms with van der Waals surface area (Å²) in [5.74, 6) is -0.552. The Kier molecular flexibility index (Phi) is 4.63. The van der Waals surface area contributed by atoms with Crippen molar-refractivity contribution in [3.63, 3.8) is 0 Å². The van der Waals surface area contributed by atoms with Gasteiger partial charge in [-0.05, 0) is 47.0 Å². The van der Waals surface area contributed by atoms with Crippen molar-refractivity contribution in [2.75, 3.05) is 6.54 Å². The second-order valence-electron chi connectivity index (χ2n) is 4.72. The molecule has 6 heteroatoms. The van der Waals surface area contributed by atoms with Gasteiger partial charge in [0.25, 0.3) is 0 Å². The highest BCUT2D eigenvalue weighted by atomic mass is 79.9. The van der Waals surface area contributed by atoms with E-state index in [1.165, 1.54) is 16.4 Å². The first kappa shape index (κ1) is 14.9. The molecule has 106 valence electrons. The lowest BCUT2D eigenvalue weighted by Crippen LogP contribution is -2.38. The van der Waals surface area contributed by atoms with Gasteiger partial charge in [-0.1, -0.05) is 19.8 Å². The van der Waals surface area contributed by atoms with Crippen LogP contribution in [-0.2, 0) is 10.0 Å². The molecular weight excluding hydrogens is 333 g/mol. The van der Waals surface area contributed by atoms with Crippen molar-refractivity contribution < 1.29 is 12.8 Å². The number of hydrogen-bond acceptors (Lipinski definition) is 2. The van der Waals surface area contributed by atoms with Gasteiger partial charge in [0.2, 0.25) is 10.0 Å². The second-order valence-corrected chi connectivity index (χ2v) is 7.47. The smallest absolute Gasteiger partial charge is 0.207 e. The summed E-state index contributed by atoms with van der Waals surface area (Å²) in [7, 11) is -3.60. The summed E-state index contributed by atoms with van der Waals surface area (Å²) in [6, 6.07) is 4.02. The molecule has 0 bridgehead atoms. The molecule has 1 aromatic carbocycles. The van der Waals surface area contributed by atoms with E-state index in [1.807, 2.05) is 6.92 Å². The topological polar surface area (TPSA) is 37.4 Å². The van der Waals surface area contributed by atoms with Gasteiger partial charge in [-0.3, -0.25) is 0 Å². The average molecular weight is 350 g/mol. The molecule has 1 aliphatic rings. The lowest BCUT2D eigenvalue weighted by Gasteiger charge is -2.26. The zero-order valence-corrected chi connectivity index (χ0v) is 13.2. The van der Waals surface area contributed by atoms with Crippen LogP contribution in [0.15, 0.2) is 27.6 Å². The van der Waals surface area contributed by atoms with Gasteiger partial charge in [-0.25, -0.2) is 12.8 Å². The molecular formula is C13H17BrFNO2S. The Balaban J connectivity index is 2.36. The molecule has 0 saturated heterocycles. The Labute approximate surface area is 122 Å². The molecule has 0 heterocycles. The molecule has 0 aromatic heterocycles. The normalized spacial score (nSPS) is 17.3. The van der Waals surface area contributed by atoms with Crippen LogP contribution in [0.3, 0.4) is 0 Å². The van der Waals surface area contributed by atoms with Crippen LogP contribution in [0.2, 0.25) is 0 Å². The summed E-state index contributed by atoms with van der Waals surface area (Å²) in [6.07, 6.45) is 3.91. The highest BCUT2D eigenvalue weighted by Gasteiger charge is 2.32. The minimum Gasteiger partial charge on any atom is -0.207 e. The Hall–Kier alpha value is -0.460. The van der Waals surface area contributed by atoms with Crippen molar-refractivity contribution in [1.29, 1.82) is 0 Å². The minimum atomic E-state index is -3.60. The van der Waals surface area contributed by atoms with E-state index < -0.39 is 15.8 Å². The van der Waals surface area contributed by atoms with E-state index in [4.69, 9.17) is 0 Å². The quantitative estimate of drug-likeness (QED) is 0.833. The van der Waals surface area contributed by atoms with Crippen molar-refractivity contribution in [3.05, 3.63) is 28.5 Å². The Morgan fingerprint density at radius 1 is 1.37 bits per heavy atom. The molecule has 1 fully saturated rings. The zero-order valence-electron chi connectivity index (χ0n) is 10.8. The lowest BCUT2D eigenvalue weighted by atomic mass is 10.2. The van der Waals surface area contributed by atoms with Gasteiger partial charge in [-0.15, -0.1) is 0 Å². The van der Waals surface area contributed by atoms with Crippen molar-refractivity contribution in [2.45, 2.75) is 43.5 Å². The third-order valence-corrected chi connectivity index (χ3v) is 6.21. The largest absolute Gasteiger partial charge is 0.243 e. The number of hydrogen-bond donors (Lipinski definition) is 0. The maximum atomic E-state index is 13.5. The number of rotatable bonds is 4. The SMILES string of the molecule is CCN(C1CCCC1)S(=O)(=O)c1ccc(Br)c(F)c1. The van der Waals surface area contributed by atoms with Gasteiger partial charge >= 0.3 is 0 Å². The van der Waals surface area contributed by atoms with Crippen LogP contribution >= 0.6 is 15.9 Å². The first-order chi connectivity index (χ1) is 8.96. The monoisotopic (exact) mass is 349 g/mol. The molecule has 1 saturated carbocycles. The van der Waals surface area contributed by atoms with E-state index >= 15 is 0 Å². The highest BCUT2D eigenvalue weighted by molar-refractivity contribution is 9.10. The van der Waals surface area contributed by atoms with Crippen LogP contribution in [0, 0.1) is 5.82 Å². The molecule has 0 amide bonds. The fourth-order valence-corrected chi connectivity index (χ4v) is 4.54. The van der Waals surface area contributed by atoms with Crippen LogP contribution in [0.25, 0.3) is 0 Å². The van der Waals surface area contributed by atoms with Gasteiger partial charge in [-0.2, -0.15) is 4.31 Å². The molecule has 0 N–H and O–H groups in total. The number of halogens is 2. The predicted molar refractivity (Wildman–Crippen MR) is 75.9 cm³/mol. The van der Waals surface area contributed by atoms with Gasteiger partial charge in [0.05, 0.1) is 9.37 Å². The summed E-state index contributed by atoms with van der Waals surface area (Å²) in [5.41, 5.74) is 0. The third-order valence-electron chi connectivity index (χ3n) is 3.54. The van der Waals surface area contributed by atoms with Crippen molar-refractivity contribution >= 4 is 26.0 Å². The van der Waals surface area contributed by atoms with E-state index in [9.17, 15) is 12.8 Å². The summed E-state index contributed by atoms with van der Waals surface area (Å²) < 4.78 is 40.4. The van der Waals surface area contributed by atoms with Gasteiger partial charge < -0.3 is 0 Å². The van der Waals surface area contributed by atoms with Gasteiger partial charge in [0.1, 0.15) is 5.82 Å². The van der Waals surface area contributed by atoms with Crippen molar-refractivity contribution in [3.8, 4) is 0 Å². The fourth-order valence-electron chi connectivity index (χ4n) is 2.59. The van der Waals surface area contributed by atoms with E-state index in [1.54, 1.807) is 0 Å². The maximum Gasteiger partial charge on any atom is 0.243 e. The number of nitrogens with zero attached hydrogens (tertiary/aromatic N) is 1. The molecule has 0 spiro atoms. The summed E-state index contributed by atoms with van der Waals surface area (Å²) in [4.78, 5) is 0.0296. The standard InChI is InChI=1S/C13H17BrFNO2S/c1-2-16(10-5-3-4-6-10)19(17,18)11-7-8-12(14)13(15)9-11/h7-10H,2-6H2,1H3. The van der Waals surface area contributed by atoms with Crippen LogP contribution < -0.4 is 0 Å². The molecule has 0 unspecified atom stereocenters. The van der Waals surface area contributed by atoms with E-state index in [-0.39, 0.29) is 15.4 Å². The Morgan fingerprint density at radius 3 is 2.53 bits per heavy atom. The Morgan fingerprint density at radius 2 is 2.00 bits per heavy atom. The molecule has 1 aliphatic carbocycles. The lowest BCUT2D eigenvalue weighted by molar-refractivity contribution is 0.335. The highest BCUT2D eigenvalue weighted by Crippen LogP contribution is 2.29. The molecule has 1 aromatic rings. The fraction of sp³-hybridized carbons (Fsp3) is 0.538. The van der Waals surface area contributed by atoms with Gasteiger partial charge in [0.15, 0.2) is 0 Å². The third kappa shape index (κ3) is 3.01. The molecule has 2 rings (SSSR count). The predicted octanol–water partition coefficient (Wildman–Crippen LogP) is 3.54. The summed E-state index contributed by atoms with van der Waals surface area (Å²) in [5, 5.41) is 0.